The fourth-order valence-corrected chi connectivity index (χ4v) is 6.07. The molecule has 3 N–H and O–H groups in total. The van der Waals surface area contributed by atoms with Crippen LogP contribution in [-0.4, -0.2) is 5.91 Å². The largest absolute Gasteiger partial charge is 0.377 e. The first-order valence-electron chi connectivity index (χ1n) is 13.5. The number of anilines is 4. The molecule has 1 aliphatic heterocycles. The van der Waals surface area contributed by atoms with Gasteiger partial charge in [0.05, 0.1) is 17.3 Å². The quantitative estimate of drug-likeness (QED) is 0.209. The minimum Gasteiger partial charge on any atom is -0.377 e. The summed E-state index contributed by atoms with van der Waals surface area (Å²) in [7, 11) is 0. The second kappa shape index (κ2) is 9.80. The smallest absolute Gasteiger partial charge is 0.257 e. The molecule has 1 aliphatic carbocycles. The third-order valence-electron chi connectivity index (χ3n) is 7.98. The first-order valence-corrected chi connectivity index (χ1v) is 13.5. The van der Waals surface area contributed by atoms with Crippen LogP contribution >= 0.6 is 0 Å². The molecule has 1 amide bonds. The molecule has 0 saturated carbocycles. The van der Waals surface area contributed by atoms with Gasteiger partial charge in [-0.2, -0.15) is 0 Å². The molecule has 1 heterocycles. The summed E-state index contributed by atoms with van der Waals surface area (Å²) in [5.41, 5.74) is 6.81. The number of carbonyl (C=O) groups is 1. The molecule has 2 aliphatic rings. The maximum Gasteiger partial charge on any atom is 0.257 e. The van der Waals surface area contributed by atoms with Crippen molar-refractivity contribution < 1.29 is 4.79 Å². The van der Waals surface area contributed by atoms with E-state index in [0.29, 0.717) is 11.5 Å². The normalized spacial score (nSPS) is 19.1. The third kappa shape index (κ3) is 4.44. The van der Waals surface area contributed by atoms with Crippen LogP contribution in [0, 0.1) is 5.92 Å². The van der Waals surface area contributed by atoms with Crippen molar-refractivity contribution in [2.24, 2.45) is 5.92 Å². The van der Waals surface area contributed by atoms with Gasteiger partial charge in [0.2, 0.25) is 0 Å². The lowest BCUT2D eigenvalue weighted by Gasteiger charge is -2.38. The molecule has 4 nitrogen and oxygen atoms in total. The number of benzene rings is 5. The Balaban J connectivity index is 1.16. The maximum absolute atomic E-state index is 13.6. The summed E-state index contributed by atoms with van der Waals surface area (Å²) in [5, 5.41) is 12.8. The summed E-state index contributed by atoms with van der Waals surface area (Å²) < 4.78 is 0. The average Bonchev–Trinajstić information content (AvgIpc) is 3.48. The molecule has 0 fully saturated rings. The molecule has 7 rings (SSSR count). The summed E-state index contributed by atoms with van der Waals surface area (Å²) in [4.78, 5) is 13.6. The molecule has 5 aromatic rings. The van der Waals surface area contributed by atoms with Crippen molar-refractivity contribution in [2.45, 2.75) is 18.4 Å². The van der Waals surface area contributed by atoms with Crippen LogP contribution in [0.4, 0.5) is 22.7 Å². The van der Waals surface area contributed by atoms with Crippen LogP contribution < -0.4 is 16.0 Å². The minimum atomic E-state index is -0.110. The number of fused-ring (bicyclic) bond motifs is 4. The third-order valence-corrected chi connectivity index (χ3v) is 7.98. The van der Waals surface area contributed by atoms with Crippen LogP contribution in [-0.2, 0) is 0 Å². The van der Waals surface area contributed by atoms with E-state index < -0.39 is 0 Å². The number of carbonyl (C=O) groups excluding carboxylic acids is 1. The number of allylic oxidation sites excluding steroid dienone is 2. The number of nitrogens with one attached hydrogen (secondary N) is 3. The van der Waals surface area contributed by atoms with Gasteiger partial charge in [0, 0.05) is 23.0 Å². The van der Waals surface area contributed by atoms with Gasteiger partial charge in [-0.1, -0.05) is 78.9 Å². The zero-order valence-electron chi connectivity index (χ0n) is 21.5. The van der Waals surface area contributed by atoms with Crippen molar-refractivity contribution in [3.63, 3.8) is 0 Å². The van der Waals surface area contributed by atoms with E-state index in [1.54, 1.807) is 0 Å². The highest BCUT2D eigenvalue weighted by Crippen LogP contribution is 2.51. The Hall–Kier alpha value is -4.83. The molecule has 3 atom stereocenters. The van der Waals surface area contributed by atoms with Crippen LogP contribution in [0.25, 0.3) is 10.8 Å². The van der Waals surface area contributed by atoms with Crippen molar-refractivity contribution >= 4 is 39.4 Å². The van der Waals surface area contributed by atoms with Crippen LogP contribution in [0.1, 0.15) is 39.9 Å². The van der Waals surface area contributed by atoms with E-state index in [-0.39, 0.29) is 17.9 Å². The zero-order valence-corrected chi connectivity index (χ0v) is 21.5. The lowest BCUT2D eigenvalue weighted by molar-refractivity contribution is 0.102. The van der Waals surface area contributed by atoms with Crippen LogP contribution in [0.5, 0.6) is 0 Å². The van der Waals surface area contributed by atoms with Gasteiger partial charge in [-0.25, -0.2) is 0 Å². The van der Waals surface area contributed by atoms with Gasteiger partial charge >= 0.3 is 0 Å². The van der Waals surface area contributed by atoms with Crippen molar-refractivity contribution in [3.05, 3.63) is 144 Å². The van der Waals surface area contributed by atoms with Crippen LogP contribution in [0.3, 0.4) is 0 Å². The lowest BCUT2D eigenvalue weighted by Crippen LogP contribution is -2.30. The van der Waals surface area contributed by atoms with Crippen LogP contribution in [0.2, 0.25) is 0 Å². The lowest BCUT2D eigenvalue weighted by atomic mass is 9.76. The molecule has 0 bridgehead atoms. The van der Waals surface area contributed by atoms with Crippen molar-refractivity contribution in [3.8, 4) is 0 Å². The molecule has 39 heavy (non-hydrogen) atoms. The Morgan fingerprint density at radius 1 is 0.718 bits per heavy atom. The van der Waals surface area contributed by atoms with Crippen LogP contribution in [0.15, 0.2) is 127 Å². The number of amides is 1. The second-order valence-electron chi connectivity index (χ2n) is 10.4. The number of rotatable bonds is 5. The van der Waals surface area contributed by atoms with Crippen molar-refractivity contribution in [1.29, 1.82) is 0 Å². The van der Waals surface area contributed by atoms with Gasteiger partial charge < -0.3 is 16.0 Å². The Bertz CT molecular complexity index is 1690. The summed E-state index contributed by atoms with van der Waals surface area (Å²) in [6, 6.07) is 39.3. The van der Waals surface area contributed by atoms with E-state index in [1.165, 1.54) is 21.9 Å². The molecule has 0 aromatic heterocycles. The topological polar surface area (TPSA) is 53.2 Å². The molecule has 3 unspecified atom stereocenters. The van der Waals surface area contributed by atoms with E-state index in [9.17, 15) is 4.79 Å². The maximum atomic E-state index is 13.6. The van der Waals surface area contributed by atoms with Gasteiger partial charge in [0.25, 0.3) is 5.91 Å². The molecule has 0 saturated heterocycles. The highest BCUT2D eigenvalue weighted by atomic mass is 16.1. The molecule has 0 spiro atoms. The SMILES string of the molecule is O=C(Nc1ccc(Nc2ccccc2)cc1)c1cccc2c1NC(c1ccc3ccccc3c1)C1CC=CC21. The summed E-state index contributed by atoms with van der Waals surface area (Å²) >= 11 is 0. The Labute approximate surface area is 228 Å². The fraction of sp³-hybridized carbons (Fsp3) is 0.114. The fourth-order valence-electron chi connectivity index (χ4n) is 6.07. The van der Waals surface area contributed by atoms with Gasteiger partial charge in [0.1, 0.15) is 0 Å². The predicted octanol–water partition coefficient (Wildman–Crippen LogP) is 8.66. The molecular formula is C35H29N3O. The Morgan fingerprint density at radius 3 is 2.31 bits per heavy atom. The summed E-state index contributed by atoms with van der Waals surface area (Å²) in [6.07, 6.45) is 5.63. The number of hydrogen-bond acceptors (Lipinski definition) is 3. The molecule has 0 radical (unpaired) electrons. The van der Waals surface area contributed by atoms with Gasteiger partial charge in [-0.3, -0.25) is 4.79 Å². The second-order valence-corrected chi connectivity index (χ2v) is 10.4. The van der Waals surface area contributed by atoms with E-state index >= 15 is 0 Å². The molecule has 190 valence electrons. The van der Waals surface area contributed by atoms with E-state index in [1.807, 2.05) is 66.7 Å². The minimum absolute atomic E-state index is 0.110. The van der Waals surface area contributed by atoms with E-state index in [2.05, 4.69) is 76.6 Å². The monoisotopic (exact) mass is 507 g/mol. The zero-order chi connectivity index (χ0) is 26.2. The van der Waals surface area contributed by atoms with Gasteiger partial charge in [-0.15, -0.1) is 0 Å². The highest BCUT2D eigenvalue weighted by molar-refractivity contribution is 6.08. The van der Waals surface area contributed by atoms with Gasteiger partial charge in [-0.05, 0) is 82.8 Å². The van der Waals surface area contributed by atoms with Gasteiger partial charge in [0.15, 0.2) is 0 Å². The summed E-state index contributed by atoms with van der Waals surface area (Å²) in [6.45, 7) is 0. The first-order chi connectivity index (χ1) is 19.2. The molecular weight excluding hydrogens is 478 g/mol. The molecule has 5 aromatic carbocycles. The first kappa shape index (κ1) is 23.3. The molecule has 4 heteroatoms. The Morgan fingerprint density at radius 2 is 1.46 bits per heavy atom. The summed E-state index contributed by atoms with van der Waals surface area (Å²) in [5.74, 6) is 0.594. The predicted molar refractivity (Wildman–Crippen MR) is 161 cm³/mol. The average molecular weight is 508 g/mol. The Kier molecular flexibility index (Phi) is 5.86. The number of para-hydroxylation sites is 2. The standard InChI is InChI=1S/C35H29N3O/c39-35(37-28-20-18-27(19-21-28)36-26-10-2-1-3-11-26)32-15-7-14-31-29-12-6-13-30(29)33(38-34(31)32)25-17-16-23-8-4-5-9-24(23)22-25/h1-12,14-22,29-30,33,36,38H,13H2,(H,37,39). The number of hydrogen-bond donors (Lipinski definition) is 3. The van der Waals surface area contributed by atoms with Crippen molar-refractivity contribution in [1.82, 2.24) is 0 Å². The van der Waals surface area contributed by atoms with E-state index in [0.717, 1.165) is 29.2 Å². The van der Waals surface area contributed by atoms with Crippen molar-refractivity contribution in [2.75, 3.05) is 16.0 Å². The highest BCUT2D eigenvalue weighted by Gasteiger charge is 2.39. The van der Waals surface area contributed by atoms with E-state index in [4.69, 9.17) is 0 Å².